The summed E-state index contributed by atoms with van der Waals surface area (Å²) >= 11 is 3.16. The van der Waals surface area contributed by atoms with Gasteiger partial charge in [0.15, 0.2) is 0 Å². The van der Waals surface area contributed by atoms with Crippen LogP contribution in [0.25, 0.3) is 21.3 Å². The second-order valence-corrected chi connectivity index (χ2v) is 8.92. The summed E-state index contributed by atoms with van der Waals surface area (Å²) in [5.74, 6) is 0.644. The number of piperidine rings is 1. The quantitative estimate of drug-likeness (QED) is 0.451. The highest BCUT2D eigenvalue weighted by Crippen LogP contribution is 2.38. The summed E-state index contributed by atoms with van der Waals surface area (Å²) in [5.41, 5.74) is 3.56. The van der Waals surface area contributed by atoms with Crippen molar-refractivity contribution in [2.75, 3.05) is 12.3 Å². The molecule has 1 amide bonds. The summed E-state index contributed by atoms with van der Waals surface area (Å²) in [4.78, 5) is 24.7. The third-order valence-electron chi connectivity index (χ3n) is 5.15. The fourth-order valence-electron chi connectivity index (χ4n) is 3.58. The van der Waals surface area contributed by atoms with Crippen LogP contribution in [0.5, 0.6) is 0 Å². The van der Waals surface area contributed by atoms with Crippen molar-refractivity contribution >= 4 is 39.2 Å². The highest BCUT2D eigenvalue weighted by molar-refractivity contribution is 8.00. The molecule has 0 N–H and O–H groups in total. The van der Waals surface area contributed by atoms with Crippen LogP contribution in [-0.4, -0.2) is 39.1 Å². The summed E-state index contributed by atoms with van der Waals surface area (Å²) in [6, 6.07) is 8.87. The van der Waals surface area contributed by atoms with E-state index in [0.717, 1.165) is 40.2 Å². The van der Waals surface area contributed by atoms with E-state index in [4.69, 9.17) is 0 Å². The maximum absolute atomic E-state index is 12.7. The molecule has 2 aromatic heterocycles. The third kappa shape index (κ3) is 3.87. The van der Waals surface area contributed by atoms with Crippen LogP contribution in [0, 0.1) is 6.92 Å². The monoisotopic (exact) mass is 397 g/mol. The zero-order chi connectivity index (χ0) is 18.8. The van der Waals surface area contributed by atoms with Crippen molar-refractivity contribution in [3.05, 3.63) is 41.5 Å². The van der Waals surface area contributed by atoms with E-state index < -0.39 is 0 Å². The van der Waals surface area contributed by atoms with Crippen molar-refractivity contribution < 1.29 is 4.79 Å². The van der Waals surface area contributed by atoms with Crippen molar-refractivity contribution in [3.63, 3.8) is 0 Å². The van der Waals surface area contributed by atoms with Crippen LogP contribution in [0.3, 0.4) is 0 Å². The van der Waals surface area contributed by atoms with Gasteiger partial charge in [-0.1, -0.05) is 41.6 Å². The number of aromatic nitrogens is 2. The van der Waals surface area contributed by atoms with Crippen LogP contribution in [0.4, 0.5) is 0 Å². The molecule has 4 nitrogen and oxygen atoms in total. The van der Waals surface area contributed by atoms with Crippen LogP contribution in [0.15, 0.2) is 41.0 Å². The number of likely N-dealkylation sites (tertiary alicyclic amines) is 1. The number of carbonyl (C=O) groups excluding carboxylic acids is 1. The van der Waals surface area contributed by atoms with E-state index in [-0.39, 0.29) is 5.91 Å². The summed E-state index contributed by atoms with van der Waals surface area (Å²) in [5, 5.41) is 4.11. The Bertz CT molecular complexity index is 952. The number of aryl methyl sites for hydroxylation is 1. The van der Waals surface area contributed by atoms with Gasteiger partial charge in [-0.15, -0.1) is 11.3 Å². The van der Waals surface area contributed by atoms with E-state index in [9.17, 15) is 4.79 Å². The average molecular weight is 398 g/mol. The minimum atomic E-state index is 0.214. The molecular weight excluding hydrogens is 374 g/mol. The van der Waals surface area contributed by atoms with Crippen LogP contribution >= 0.6 is 23.1 Å². The first kappa shape index (κ1) is 18.4. The molecule has 1 atom stereocenters. The molecule has 1 saturated heterocycles. The Labute approximate surface area is 168 Å². The standard InChI is InChI=1S/C21H23N3OS2/c1-14-6-8-16(9-7-14)17-11-26-20-19(17)21(23-13-22-20)27-12-18(25)24-10-4-3-5-15(24)2/h6-9,11,13,15H,3-5,10,12H2,1-2H3/t15-/m1/s1. The van der Waals surface area contributed by atoms with Gasteiger partial charge < -0.3 is 4.90 Å². The minimum Gasteiger partial charge on any atom is -0.339 e. The number of hydrogen-bond acceptors (Lipinski definition) is 5. The van der Waals surface area contributed by atoms with Crippen LogP contribution in [0.2, 0.25) is 0 Å². The molecule has 1 aliphatic heterocycles. The predicted molar refractivity (Wildman–Crippen MR) is 113 cm³/mol. The van der Waals surface area contributed by atoms with E-state index in [1.54, 1.807) is 17.7 Å². The Balaban J connectivity index is 1.59. The molecule has 4 rings (SSSR count). The van der Waals surface area contributed by atoms with Gasteiger partial charge in [-0.2, -0.15) is 0 Å². The first-order valence-corrected chi connectivity index (χ1v) is 11.2. The molecular formula is C21H23N3OS2. The number of nitrogens with zero attached hydrogens (tertiary/aromatic N) is 3. The molecule has 27 heavy (non-hydrogen) atoms. The molecule has 140 valence electrons. The number of hydrogen-bond donors (Lipinski definition) is 0. The van der Waals surface area contributed by atoms with Gasteiger partial charge in [0, 0.05) is 23.5 Å². The summed E-state index contributed by atoms with van der Waals surface area (Å²) in [6.45, 7) is 5.12. The Hall–Kier alpha value is -1.92. The van der Waals surface area contributed by atoms with Crippen LogP contribution < -0.4 is 0 Å². The number of fused-ring (bicyclic) bond motifs is 1. The lowest BCUT2D eigenvalue weighted by atomic mass is 10.0. The lowest BCUT2D eigenvalue weighted by Gasteiger charge is -2.33. The Morgan fingerprint density at radius 3 is 2.85 bits per heavy atom. The first-order valence-electron chi connectivity index (χ1n) is 9.35. The molecule has 3 aromatic rings. The number of carbonyl (C=O) groups is 1. The van der Waals surface area contributed by atoms with E-state index >= 15 is 0 Å². The van der Waals surface area contributed by atoms with Gasteiger partial charge in [0.05, 0.1) is 11.1 Å². The molecule has 3 heterocycles. The number of thiophene rings is 1. The van der Waals surface area contributed by atoms with Gasteiger partial charge in [0.1, 0.15) is 16.2 Å². The fourth-order valence-corrected chi connectivity index (χ4v) is 5.46. The van der Waals surface area contributed by atoms with Gasteiger partial charge in [-0.25, -0.2) is 9.97 Å². The summed E-state index contributed by atoms with van der Waals surface area (Å²) < 4.78 is 0. The SMILES string of the molecule is Cc1ccc(-c2csc3ncnc(SCC(=O)N4CCCC[C@H]4C)c23)cc1. The molecule has 0 spiro atoms. The summed E-state index contributed by atoms with van der Waals surface area (Å²) in [6.07, 6.45) is 5.05. The number of amides is 1. The molecule has 6 heteroatoms. The molecule has 0 saturated carbocycles. The molecule has 0 radical (unpaired) electrons. The van der Waals surface area contributed by atoms with E-state index in [2.05, 4.69) is 53.5 Å². The maximum atomic E-state index is 12.7. The van der Waals surface area contributed by atoms with Crippen LogP contribution in [0.1, 0.15) is 31.7 Å². The third-order valence-corrected chi connectivity index (χ3v) is 7.01. The van der Waals surface area contributed by atoms with Crippen LogP contribution in [-0.2, 0) is 4.79 Å². The minimum absolute atomic E-state index is 0.214. The van der Waals surface area contributed by atoms with Crippen molar-refractivity contribution in [2.45, 2.75) is 44.2 Å². The Morgan fingerprint density at radius 2 is 2.07 bits per heavy atom. The number of benzene rings is 1. The van der Waals surface area contributed by atoms with Gasteiger partial charge in [-0.3, -0.25) is 4.79 Å². The molecule has 0 bridgehead atoms. The maximum Gasteiger partial charge on any atom is 0.233 e. The van der Waals surface area contributed by atoms with Crippen molar-refractivity contribution in [1.82, 2.24) is 14.9 Å². The second kappa shape index (κ2) is 7.98. The van der Waals surface area contributed by atoms with Crippen molar-refractivity contribution in [2.24, 2.45) is 0 Å². The zero-order valence-corrected chi connectivity index (χ0v) is 17.3. The predicted octanol–water partition coefficient (Wildman–Crippen LogP) is 5.16. The summed E-state index contributed by atoms with van der Waals surface area (Å²) in [7, 11) is 0. The van der Waals surface area contributed by atoms with Gasteiger partial charge >= 0.3 is 0 Å². The van der Waals surface area contributed by atoms with Crippen molar-refractivity contribution in [1.29, 1.82) is 0 Å². The number of thioether (sulfide) groups is 1. The highest BCUT2D eigenvalue weighted by atomic mass is 32.2. The van der Waals surface area contributed by atoms with E-state index in [1.165, 1.54) is 29.3 Å². The normalized spacial score (nSPS) is 17.4. The Morgan fingerprint density at radius 1 is 1.26 bits per heavy atom. The molecule has 0 aliphatic carbocycles. The lowest BCUT2D eigenvalue weighted by Crippen LogP contribution is -2.42. The Kier molecular flexibility index (Phi) is 5.45. The molecule has 1 aromatic carbocycles. The van der Waals surface area contributed by atoms with E-state index in [1.807, 2.05) is 4.90 Å². The number of rotatable bonds is 4. The first-order chi connectivity index (χ1) is 13.1. The highest BCUT2D eigenvalue weighted by Gasteiger charge is 2.23. The van der Waals surface area contributed by atoms with Gasteiger partial charge in [-0.05, 0) is 38.7 Å². The smallest absolute Gasteiger partial charge is 0.233 e. The average Bonchev–Trinajstić information content (AvgIpc) is 3.12. The fraction of sp³-hybridized carbons (Fsp3) is 0.381. The second-order valence-electron chi connectivity index (χ2n) is 7.09. The molecule has 0 unspecified atom stereocenters. The topological polar surface area (TPSA) is 46.1 Å². The lowest BCUT2D eigenvalue weighted by molar-refractivity contribution is -0.131. The van der Waals surface area contributed by atoms with E-state index in [0.29, 0.717) is 11.8 Å². The molecule has 1 fully saturated rings. The van der Waals surface area contributed by atoms with Gasteiger partial charge in [0.2, 0.25) is 5.91 Å². The molecule has 1 aliphatic rings. The zero-order valence-electron chi connectivity index (χ0n) is 15.6. The largest absolute Gasteiger partial charge is 0.339 e. The van der Waals surface area contributed by atoms with Crippen molar-refractivity contribution in [3.8, 4) is 11.1 Å². The van der Waals surface area contributed by atoms with Gasteiger partial charge in [0.25, 0.3) is 0 Å².